The van der Waals surface area contributed by atoms with Gasteiger partial charge in [-0.3, -0.25) is 0 Å². The van der Waals surface area contributed by atoms with Crippen LogP contribution in [-0.4, -0.2) is 5.11 Å². The summed E-state index contributed by atoms with van der Waals surface area (Å²) in [5.41, 5.74) is 1.32. The summed E-state index contributed by atoms with van der Waals surface area (Å²) < 4.78 is 2.30. The highest BCUT2D eigenvalue weighted by atomic mass is 127. The van der Waals surface area contributed by atoms with Gasteiger partial charge in [0.1, 0.15) is 5.75 Å². The van der Waals surface area contributed by atoms with E-state index < -0.39 is 0 Å². The summed E-state index contributed by atoms with van der Waals surface area (Å²) in [6, 6.07) is 3.59. The minimum atomic E-state index is 0.357. The second kappa shape index (κ2) is 3.93. The van der Waals surface area contributed by atoms with Gasteiger partial charge in [0.2, 0.25) is 0 Å². The van der Waals surface area contributed by atoms with Crippen LogP contribution in [-0.2, 0) is 6.42 Å². The predicted molar refractivity (Wildman–Crippen MR) is 62.9 cm³/mol. The highest BCUT2D eigenvalue weighted by Gasteiger charge is 2.03. The van der Waals surface area contributed by atoms with Crippen LogP contribution in [0, 0.1) is 7.14 Å². The Morgan fingerprint density at radius 2 is 1.73 bits per heavy atom. The lowest BCUT2D eigenvalue weighted by Gasteiger charge is -2.04. The van der Waals surface area contributed by atoms with E-state index in [9.17, 15) is 5.11 Å². The van der Waals surface area contributed by atoms with Gasteiger partial charge in [-0.25, -0.2) is 0 Å². The smallest absolute Gasteiger partial charge is 0.117 e. The molecule has 1 rings (SSSR count). The zero-order valence-electron chi connectivity index (χ0n) is 6.06. The molecule has 0 aliphatic rings. The van der Waals surface area contributed by atoms with Crippen molar-refractivity contribution in [3.05, 3.63) is 24.8 Å². The highest BCUT2D eigenvalue weighted by molar-refractivity contribution is 14.1. The number of phenolic OH excluding ortho intramolecular Hbond substituents is 1. The van der Waals surface area contributed by atoms with Gasteiger partial charge in [0.05, 0.1) is 0 Å². The first kappa shape index (κ1) is 9.57. The Kier molecular flexibility index (Phi) is 3.42. The summed E-state index contributed by atoms with van der Waals surface area (Å²) >= 11 is 4.49. The van der Waals surface area contributed by atoms with Gasteiger partial charge in [-0.2, -0.15) is 0 Å². The Hall–Kier alpha value is 0.480. The van der Waals surface area contributed by atoms with E-state index in [2.05, 4.69) is 52.1 Å². The molecular formula is C8H8I2O. The molecule has 0 fully saturated rings. The molecule has 0 spiro atoms. The maximum absolute atomic E-state index is 9.20. The van der Waals surface area contributed by atoms with E-state index >= 15 is 0 Å². The van der Waals surface area contributed by atoms with Gasteiger partial charge in [-0.1, -0.05) is 6.92 Å². The topological polar surface area (TPSA) is 20.2 Å². The second-order valence-electron chi connectivity index (χ2n) is 2.24. The Morgan fingerprint density at radius 3 is 2.09 bits per heavy atom. The number of aromatic hydroxyl groups is 1. The van der Waals surface area contributed by atoms with Crippen LogP contribution in [0.25, 0.3) is 0 Å². The van der Waals surface area contributed by atoms with Crippen molar-refractivity contribution in [2.75, 3.05) is 0 Å². The van der Waals surface area contributed by atoms with Gasteiger partial charge in [-0.15, -0.1) is 0 Å². The van der Waals surface area contributed by atoms with Crippen molar-refractivity contribution in [2.45, 2.75) is 13.3 Å². The lowest BCUT2D eigenvalue weighted by atomic mass is 10.2. The van der Waals surface area contributed by atoms with Crippen molar-refractivity contribution in [2.24, 2.45) is 0 Å². The van der Waals surface area contributed by atoms with Crippen LogP contribution in [0.4, 0.5) is 0 Å². The van der Waals surface area contributed by atoms with Crippen molar-refractivity contribution >= 4 is 45.2 Å². The fraction of sp³-hybridized carbons (Fsp3) is 0.250. The average Bonchev–Trinajstić information content (AvgIpc) is 1.85. The third-order valence-electron chi connectivity index (χ3n) is 1.48. The Morgan fingerprint density at radius 1 is 1.27 bits per heavy atom. The minimum Gasteiger partial charge on any atom is -0.508 e. The van der Waals surface area contributed by atoms with Gasteiger partial charge in [-0.05, 0) is 69.3 Å². The van der Waals surface area contributed by atoms with Crippen molar-refractivity contribution in [3.8, 4) is 5.75 Å². The molecular weight excluding hydrogens is 366 g/mol. The average molecular weight is 374 g/mol. The third kappa shape index (κ3) is 2.21. The molecule has 0 unspecified atom stereocenters. The molecule has 0 radical (unpaired) electrons. The summed E-state index contributed by atoms with van der Waals surface area (Å²) in [5, 5.41) is 9.20. The van der Waals surface area contributed by atoms with E-state index in [4.69, 9.17) is 0 Å². The molecule has 3 heteroatoms. The molecule has 11 heavy (non-hydrogen) atoms. The molecule has 1 nitrogen and oxygen atoms in total. The standard InChI is InChI=1S/C8H8I2O/c1-2-6-7(9)3-5(11)4-8(6)10/h3-4,11H,2H2,1H3. The molecule has 1 aromatic rings. The lowest BCUT2D eigenvalue weighted by molar-refractivity contribution is 0.474. The fourth-order valence-corrected chi connectivity index (χ4v) is 3.43. The zero-order chi connectivity index (χ0) is 8.43. The van der Waals surface area contributed by atoms with Crippen LogP contribution in [0.1, 0.15) is 12.5 Å². The molecule has 1 N–H and O–H groups in total. The number of halogens is 2. The van der Waals surface area contributed by atoms with Crippen LogP contribution in [0.3, 0.4) is 0 Å². The van der Waals surface area contributed by atoms with Gasteiger partial charge in [0.15, 0.2) is 0 Å². The van der Waals surface area contributed by atoms with Gasteiger partial charge >= 0.3 is 0 Å². The number of phenols is 1. The van der Waals surface area contributed by atoms with Crippen molar-refractivity contribution in [1.29, 1.82) is 0 Å². The molecule has 0 amide bonds. The van der Waals surface area contributed by atoms with E-state index in [0.717, 1.165) is 13.6 Å². The summed E-state index contributed by atoms with van der Waals surface area (Å²) in [4.78, 5) is 0. The summed E-state index contributed by atoms with van der Waals surface area (Å²) in [7, 11) is 0. The molecule has 60 valence electrons. The van der Waals surface area contributed by atoms with Crippen LogP contribution in [0.2, 0.25) is 0 Å². The predicted octanol–water partition coefficient (Wildman–Crippen LogP) is 3.16. The fourth-order valence-electron chi connectivity index (χ4n) is 0.927. The van der Waals surface area contributed by atoms with E-state index in [1.165, 1.54) is 5.56 Å². The molecule has 0 aliphatic heterocycles. The van der Waals surface area contributed by atoms with Crippen LogP contribution in [0.15, 0.2) is 12.1 Å². The molecule has 0 saturated heterocycles. The largest absolute Gasteiger partial charge is 0.508 e. The Bertz CT molecular complexity index is 248. The third-order valence-corrected chi connectivity index (χ3v) is 3.40. The molecule has 0 saturated carbocycles. The maximum atomic E-state index is 9.20. The highest BCUT2D eigenvalue weighted by Crippen LogP contribution is 2.24. The summed E-state index contributed by atoms with van der Waals surface area (Å²) in [5.74, 6) is 0.357. The lowest BCUT2D eigenvalue weighted by Crippen LogP contribution is -1.89. The van der Waals surface area contributed by atoms with Crippen molar-refractivity contribution in [3.63, 3.8) is 0 Å². The van der Waals surface area contributed by atoms with E-state index in [1.807, 2.05) is 0 Å². The first-order valence-corrected chi connectivity index (χ1v) is 5.47. The summed E-state index contributed by atoms with van der Waals surface area (Å²) in [6.45, 7) is 2.12. The number of benzene rings is 1. The van der Waals surface area contributed by atoms with Crippen LogP contribution in [0.5, 0.6) is 5.75 Å². The Balaban J connectivity index is 3.25. The Labute approximate surface area is 93.5 Å². The first-order valence-electron chi connectivity index (χ1n) is 3.32. The van der Waals surface area contributed by atoms with E-state index in [0.29, 0.717) is 5.75 Å². The first-order chi connectivity index (χ1) is 5.15. The number of hydrogen-bond donors (Lipinski definition) is 1. The van der Waals surface area contributed by atoms with Crippen molar-refractivity contribution < 1.29 is 5.11 Å². The van der Waals surface area contributed by atoms with Gasteiger partial charge in [0, 0.05) is 7.14 Å². The van der Waals surface area contributed by atoms with Gasteiger partial charge < -0.3 is 5.11 Å². The van der Waals surface area contributed by atoms with E-state index in [-0.39, 0.29) is 0 Å². The molecule has 1 aromatic carbocycles. The zero-order valence-corrected chi connectivity index (χ0v) is 10.4. The van der Waals surface area contributed by atoms with Crippen LogP contribution < -0.4 is 0 Å². The minimum absolute atomic E-state index is 0.357. The van der Waals surface area contributed by atoms with Crippen molar-refractivity contribution in [1.82, 2.24) is 0 Å². The molecule has 0 bridgehead atoms. The summed E-state index contributed by atoms with van der Waals surface area (Å²) in [6.07, 6.45) is 1.02. The molecule has 0 aromatic heterocycles. The second-order valence-corrected chi connectivity index (χ2v) is 4.57. The quantitative estimate of drug-likeness (QED) is 0.750. The molecule has 0 aliphatic carbocycles. The van der Waals surface area contributed by atoms with E-state index in [1.54, 1.807) is 12.1 Å². The molecule has 0 atom stereocenters. The monoisotopic (exact) mass is 374 g/mol. The number of rotatable bonds is 1. The van der Waals surface area contributed by atoms with Crippen LogP contribution >= 0.6 is 45.2 Å². The molecule has 0 heterocycles. The maximum Gasteiger partial charge on any atom is 0.117 e. The normalized spacial score (nSPS) is 10.1. The number of hydrogen-bond acceptors (Lipinski definition) is 1. The van der Waals surface area contributed by atoms with Gasteiger partial charge in [0.25, 0.3) is 0 Å². The SMILES string of the molecule is CCc1c(I)cc(O)cc1I.